The highest BCUT2D eigenvalue weighted by Crippen LogP contribution is 2.39. The van der Waals surface area contributed by atoms with Crippen molar-refractivity contribution < 1.29 is 14.3 Å². The molecule has 1 N–H and O–H groups in total. The Morgan fingerprint density at radius 3 is 3.07 bits per heavy atom. The summed E-state index contributed by atoms with van der Waals surface area (Å²) in [4.78, 5) is 22.2. The van der Waals surface area contributed by atoms with Gasteiger partial charge >= 0.3 is 6.03 Å². The van der Waals surface area contributed by atoms with E-state index in [4.69, 9.17) is 14.5 Å². The minimum atomic E-state index is -0.0105. The number of thiazole rings is 1. The Morgan fingerprint density at radius 1 is 1.30 bits per heavy atom. The Hall–Kier alpha value is -1.90. The van der Waals surface area contributed by atoms with Gasteiger partial charge in [-0.2, -0.15) is 0 Å². The molecule has 0 spiro atoms. The van der Waals surface area contributed by atoms with E-state index in [-0.39, 0.29) is 18.1 Å². The number of nitrogens with zero attached hydrogens (tertiary/aromatic N) is 3. The molecule has 7 nitrogen and oxygen atoms in total. The van der Waals surface area contributed by atoms with Crippen molar-refractivity contribution in [3.63, 3.8) is 0 Å². The number of hydrogen-bond donors (Lipinski definition) is 1. The largest absolute Gasteiger partial charge is 0.493 e. The van der Waals surface area contributed by atoms with Crippen molar-refractivity contribution >= 4 is 32.7 Å². The van der Waals surface area contributed by atoms with Crippen molar-refractivity contribution in [1.29, 1.82) is 0 Å². The number of amides is 2. The number of urea groups is 1. The van der Waals surface area contributed by atoms with Gasteiger partial charge in [0, 0.05) is 18.5 Å². The average Bonchev–Trinajstić information content (AvgIpc) is 3.27. The SMILES string of the molecule is O=C1NC2CCCN(C3COC3)CC2N1c1nc2c3c(ccc2s1)OCC3. The molecule has 4 aliphatic rings. The summed E-state index contributed by atoms with van der Waals surface area (Å²) in [6.45, 7) is 4.30. The van der Waals surface area contributed by atoms with Gasteiger partial charge in [-0.3, -0.25) is 9.80 Å². The molecule has 6 rings (SSSR count). The highest BCUT2D eigenvalue weighted by Gasteiger charge is 2.45. The predicted molar refractivity (Wildman–Crippen MR) is 103 cm³/mol. The van der Waals surface area contributed by atoms with E-state index in [9.17, 15) is 4.79 Å². The molecule has 142 valence electrons. The van der Waals surface area contributed by atoms with E-state index in [1.54, 1.807) is 11.3 Å². The molecule has 0 radical (unpaired) electrons. The van der Waals surface area contributed by atoms with Crippen LogP contribution in [0.15, 0.2) is 12.1 Å². The Morgan fingerprint density at radius 2 is 2.22 bits per heavy atom. The van der Waals surface area contributed by atoms with Crippen molar-refractivity contribution in [3.05, 3.63) is 17.7 Å². The summed E-state index contributed by atoms with van der Waals surface area (Å²) in [5.41, 5.74) is 2.18. The van der Waals surface area contributed by atoms with E-state index >= 15 is 0 Å². The molecule has 5 heterocycles. The summed E-state index contributed by atoms with van der Waals surface area (Å²) in [6.07, 6.45) is 3.02. The lowest BCUT2D eigenvalue weighted by atomic mass is 10.1. The molecule has 4 aliphatic heterocycles. The van der Waals surface area contributed by atoms with Gasteiger partial charge in [0.25, 0.3) is 0 Å². The van der Waals surface area contributed by atoms with E-state index in [2.05, 4.69) is 16.3 Å². The minimum Gasteiger partial charge on any atom is -0.493 e. The first kappa shape index (κ1) is 16.1. The van der Waals surface area contributed by atoms with E-state index in [1.165, 1.54) is 5.56 Å². The summed E-state index contributed by atoms with van der Waals surface area (Å²) in [5, 5.41) is 4.02. The summed E-state index contributed by atoms with van der Waals surface area (Å²) >= 11 is 1.61. The van der Waals surface area contributed by atoms with Crippen molar-refractivity contribution in [2.45, 2.75) is 37.4 Å². The van der Waals surface area contributed by atoms with Crippen LogP contribution in [-0.2, 0) is 11.2 Å². The highest BCUT2D eigenvalue weighted by molar-refractivity contribution is 7.22. The summed E-state index contributed by atoms with van der Waals surface area (Å²) in [6, 6.07) is 4.91. The topological polar surface area (TPSA) is 66.9 Å². The number of fused-ring (bicyclic) bond motifs is 4. The number of carbonyl (C=O) groups excluding carboxylic acids is 1. The lowest BCUT2D eigenvalue weighted by Gasteiger charge is -2.38. The van der Waals surface area contributed by atoms with Crippen molar-refractivity contribution in [3.8, 4) is 5.75 Å². The molecule has 27 heavy (non-hydrogen) atoms. The third-order valence-corrected chi connectivity index (χ3v) is 7.29. The molecular formula is C19H22N4O3S. The van der Waals surface area contributed by atoms with Gasteiger partial charge in [0.05, 0.1) is 48.2 Å². The second kappa shape index (κ2) is 6.05. The lowest BCUT2D eigenvalue weighted by molar-refractivity contribution is -0.0646. The molecule has 3 saturated heterocycles. The lowest BCUT2D eigenvalue weighted by Crippen LogP contribution is -2.54. The third-order valence-electron chi connectivity index (χ3n) is 6.27. The monoisotopic (exact) mass is 386 g/mol. The summed E-state index contributed by atoms with van der Waals surface area (Å²) < 4.78 is 12.2. The highest BCUT2D eigenvalue weighted by atomic mass is 32.1. The quantitative estimate of drug-likeness (QED) is 0.855. The molecule has 1 aromatic carbocycles. The molecular weight excluding hydrogens is 364 g/mol. The van der Waals surface area contributed by atoms with Crippen LogP contribution < -0.4 is 15.0 Å². The number of aromatic nitrogens is 1. The van der Waals surface area contributed by atoms with E-state index < -0.39 is 0 Å². The van der Waals surface area contributed by atoms with Crippen molar-refractivity contribution in [2.24, 2.45) is 0 Å². The number of anilines is 1. The fourth-order valence-corrected chi connectivity index (χ4v) is 5.78. The number of nitrogens with one attached hydrogen (secondary N) is 1. The molecule has 3 fully saturated rings. The van der Waals surface area contributed by atoms with E-state index in [0.29, 0.717) is 12.6 Å². The van der Waals surface area contributed by atoms with Crippen molar-refractivity contribution in [1.82, 2.24) is 15.2 Å². The zero-order valence-corrected chi connectivity index (χ0v) is 15.8. The zero-order valence-electron chi connectivity index (χ0n) is 15.0. The number of likely N-dealkylation sites (tertiary alicyclic amines) is 1. The van der Waals surface area contributed by atoms with Crippen LogP contribution in [0, 0.1) is 0 Å². The molecule has 0 saturated carbocycles. The average molecular weight is 386 g/mol. The van der Waals surface area contributed by atoms with E-state index in [0.717, 1.165) is 66.7 Å². The first-order chi connectivity index (χ1) is 13.3. The Kier molecular flexibility index (Phi) is 3.61. The van der Waals surface area contributed by atoms with Crippen LogP contribution in [-0.4, -0.2) is 67.0 Å². The molecule has 8 heteroatoms. The maximum absolute atomic E-state index is 12.8. The number of benzene rings is 1. The third kappa shape index (κ3) is 2.47. The zero-order chi connectivity index (χ0) is 18.0. The van der Waals surface area contributed by atoms with E-state index in [1.807, 2.05) is 11.0 Å². The Labute approximate surface area is 161 Å². The van der Waals surface area contributed by atoms with Crippen LogP contribution in [0.2, 0.25) is 0 Å². The van der Waals surface area contributed by atoms with Crippen LogP contribution in [0.1, 0.15) is 18.4 Å². The normalized spacial score (nSPS) is 28.4. The first-order valence-corrected chi connectivity index (χ1v) is 10.6. The molecule has 1 aromatic heterocycles. The fourth-order valence-electron chi connectivity index (χ4n) is 4.73. The molecule has 2 unspecified atom stereocenters. The van der Waals surface area contributed by atoms with Gasteiger partial charge in [0.15, 0.2) is 5.13 Å². The minimum absolute atomic E-state index is 0.0105. The van der Waals surface area contributed by atoms with Crippen molar-refractivity contribution in [2.75, 3.05) is 37.8 Å². The standard InChI is InChI=1S/C19H22N4O3S/c24-18-20-13-2-1-6-22(11-9-25-10-11)8-14(13)23(18)19-21-17-12-5-7-26-15(12)3-4-16(17)27-19/h3-4,11,13-14H,1-2,5-10H2,(H,20,24). The van der Waals surface area contributed by atoms with Gasteiger partial charge in [-0.1, -0.05) is 11.3 Å². The second-order valence-electron chi connectivity index (χ2n) is 7.81. The molecule has 0 bridgehead atoms. The maximum Gasteiger partial charge on any atom is 0.324 e. The number of hydrogen-bond acceptors (Lipinski definition) is 6. The van der Waals surface area contributed by atoms with Crippen LogP contribution in [0.4, 0.5) is 9.93 Å². The first-order valence-electron chi connectivity index (χ1n) is 9.75. The van der Waals surface area contributed by atoms with Gasteiger partial charge in [-0.15, -0.1) is 0 Å². The molecule has 2 amide bonds. The van der Waals surface area contributed by atoms with Gasteiger partial charge in [-0.05, 0) is 31.5 Å². The second-order valence-corrected chi connectivity index (χ2v) is 8.81. The molecule has 2 atom stereocenters. The summed E-state index contributed by atoms with van der Waals surface area (Å²) in [5.74, 6) is 0.939. The van der Waals surface area contributed by atoms with Crippen LogP contribution in [0.3, 0.4) is 0 Å². The van der Waals surface area contributed by atoms with Crippen LogP contribution >= 0.6 is 11.3 Å². The Balaban J connectivity index is 1.37. The molecule has 2 aromatic rings. The predicted octanol–water partition coefficient (Wildman–Crippen LogP) is 1.99. The van der Waals surface area contributed by atoms with Crippen LogP contribution in [0.5, 0.6) is 5.75 Å². The van der Waals surface area contributed by atoms with Gasteiger partial charge in [0.1, 0.15) is 5.75 Å². The number of ether oxygens (including phenoxy) is 2. The Bertz CT molecular complexity index is 912. The maximum atomic E-state index is 12.8. The summed E-state index contributed by atoms with van der Waals surface area (Å²) in [7, 11) is 0. The van der Waals surface area contributed by atoms with Gasteiger partial charge in [0.2, 0.25) is 0 Å². The number of rotatable bonds is 2. The number of carbonyl (C=O) groups is 1. The fraction of sp³-hybridized carbons (Fsp3) is 0.579. The molecule has 0 aliphatic carbocycles. The smallest absolute Gasteiger partial charge is 0.324 e. The van der Waals surface area contributed by atoms with Crippen LogP contribution in [0.25, 0.3) is 10.2 Å². The van der Waals surface area contributed by atoms with Gasteiger partial charge in [-0.25, -0.2) is 9.78 Å². The van der Waals surface area contributed by atoms with Gasteiger partial charge < -0.3 is 14.8 Å².